The minimum absolute atomic E-state index is 0.0819. The summed E-state index contributed by atoms with van der Waals surface area (Å²) in [5, 5.41) is 18.4. The van der Waals surface area contributed by atoms with Crippen LogP contribution < -0.4 is 5.32 Å². The van der Waals surface area contributed by atoms with Gasteiger partial charge in [-0.25, -0.2) is 4.68 Å². The minimum atomic E-state index is -0.579. The lowest BCUT2D eigenvalue weighted by molar-refractivity contribution is -0.384. The van der Waals surface area contributed by atoms with Crippen molar-refractivity contribution in [1.82, 2.24) is 20.0 Å². The molecule has 0 unspecified atom stereocenters. The summed E-state index contributed by atoms with van der Waals surface area (Å²) in [6.07, 6.45) is 1.55. The van der Waals surface area contributed by atoms with E-state index < -0.39 is 4.92 Å². The van der Waals surface area contributed by atoms with Gasteiger partial charge >= 0.3 is 0 Å². The van der Waals surface area contributed by atoms with E-state index in [1.165, 1.54) is 16.8 Å². The summed E-state index contributed by atoms with van der Waals surface area (Å²) in [6.45, 7) is 2.72. The highest BCUT2D eigenvalue weighted by atomic mass is 35.5. The van der Waals surface area contributed by atoms with Crippen molar-refractivity contribution in [2.75, 3.05) is 26.2 Å². The molecular weight excluding hydrogens is 357 g/mol. The van der Waals surface area contributed by atoms with Gasteiger partial charge in [0.2, 0.25) is 0 Å². The number of rotatable bonds is 3. The van der Waals surface area contributed by atoms with Crippen molar-refractivity contribution in [1.29, 1.82) is 0 Å². The molecule has 0 spiro atoms. The first-order chi connectivity index (χ1) is 11.5. The SMILES string of the molecule is O=C(c1ccn(-c2c(Cl)cc([N+](=O)[O-])cc2Cl)n1)N1CCNCC1. The van der Waals surface area contributed by atoms with Crippen molar-refractivity contribution in [3.63, 3.8) is 0 Å². The summed E-state index contributed by atoms with van der Waals surface area (Å²) < 4.78 is 1.35. The first-order valence-electron chi connectivity index (χ1n) is 7.17. The number of carbonyl (C=O) groups is 1. The van der Waals surface area contributed by atoms with Crippen LogP contribution in [0.4, 0.5) is 5.69 Å². The molecule has 1 saturated heterocycles. The van der Waals surface area contributed by atoms with Crippen molar-refractivity contribution in [2.24, 2.45) is 0 Å². The van der Waals surface area contributed by atoms with Crippen LogP contribution in [-0.4, -0.2) is 51.7 Å². The van der Waals surface area contributed by atoms with Crippen LogP contribution in [-0.2, 0) is 0 Å². The van der Waals surface area contributed by atoms with Crippen molar-refractivity contribution in [2.45, 2.75) is 0 Å². The maximum Gasteiger partial charge on any atom is 0.274 e. The molecule has 10 heteroatoms. The molecule has 2 heterocycles. The molecule has 1 aromatic heterocycles. The van der Waals surface area contributed by atoms with Gasteiger partial charge in [-0.1, -0.05) is 23.2 Å². The molecule has 0 saturated carbocycles. The van der Waals surface area contributed by atoms with Gasteiger partial charge in [0.15, 0.2) is 5.69 Å². The zero-order valence-electron chi connectivity index (χ0n) is 12.4. The highest BCUT2D eigenvalue weighted by molar-refractivity contribution is 6.38. The third kappa shape index (κ3) is 3.21. The number of benzene rings is 1. The van der Waals surface area contributed by atoms with Crippen molar-refractivity contribution < 1.29 is 9.72 Å². The number of hydrogen-bond acceptors (Lipinski definition) is 5. The highest BCUT2D eigenvalue weighted by Gasteiger charge is 2.22. The number of piperazine rings is 1. The van der Waals surface area contributed by atoms with E-state index in [1.54, 1.807) is 17.2 Å². The predicted octanol–water partition coefficient (Wildman–Crippen LogP) is 2.13. The summed E-state index contributed by atoms with van der Waals surface area (Å²) in [5.74, 6) is -0.176. The molecule has 1 aliphatic rings. The topological polar surface area (TPSA) is 93.3 Å². The highest BCUT2D eigenvalue weighted by Crippen LogP contribution is 2.32. The Labute approximate surface area is 147 Å². The minimum Gasteiger partial charge on any atom is -0.335 e. The van der Waals surface area contributed by atoms with E-state index in [1.807, 2.05) is 0 Å². The molecule has 2 aromatic rings. The van der Waals surface area contributed by atoms with Crippen LogP contribution in [0.2, 0.25) is 10.0 Å². The fourth-order valence-corrected chi connectivity index (χ4v) is 3.12. The standard InChI is InChI=1S/C14H13Cl2N5O3/c15-10-7-9(21(23)24)8-11(16)13(10)20-4-1-12(18-20)14(22)19-5-2-17-3-6-19/h1,4,7-8,17H,2-3,5-6H2. The van der Waals surface area contributed by atoms with Gasteiger partial charge in [-0.3, -0.25) is 14.9 Å². The molecule has 1 fully saturated rings. The van der Waals surface area contributed by atoms with Crippen LogP contribution in [0.25, 0.3) is 5.69 Å². The number of halogens is 2. The van der Waals surface area contributed by atoms with E-state index in [0.717, 1.165) is 13.1 Å². The Hall–Kier alpha value is -2.16. The molecule has 1 aliphatic heterocycles. The van der Waals surface area contributed by atoms with Gasteiger partial charge in [0, 0.05) is 44.5 Å². The Morgan fingerprint density at radius 3 is 2.46 bits per heavy atom. The fourth-order valence-electron chi connectivity index (χ4n) is 2.47. The second-order valence-electron chi connectivity index (χ2n) is 5.20. The normalized spacial score (nSPS) is 14.7. The molecule has 24 heavy (non-hydrogen) atoms. The number of amides is 1. The molecule has 1 aromatic carbocycles. The van der Waals surface area contributed by atoms with Crippen LogP contribution in [0.3, 0.4) is 0 Å². The molecule has 0 atom stereocenters. The molecule has 0 bridgehead atoms. The van der Waals surface area contributed by atoms with Crippen molar-refractivity contribution in [3.05, 3.63) is 50.2 Å². The summed E-state index contributed by atoms with van der Waals surface area (Å²) in [5.41, 5.74) is 0.351. The maximum absolute atomic E-state index is 12.4. The second kappa shape index (κ2) is 6.76. The average Bonchev–Trinajstić information content (AvgIpc) is 3.03. The monoisotopic (exact) mass is 369 g/mol. The predicted molar refractivity (Wildman–Crippen MR) is 89.0 cm³/mol. The molecular formula is C14H13Cl2N5O3. The third-order valence-corrected chi connectivity index (χ3v) is 4.23. The lowest BCUT2D eigenvalue weighted by Gasteiger charge is -2.26. The second-order valence-corrected chi connectivity index (χ2v) is 6.02. The molecule has 0 radical (unpaired) electrons. The number of nitrogens with one attached hydrogen (secondary N) is 1. The van der Waals surface area contributed by atoms with Gasteiger partial charge in [0.25, 0.3) is 11.6 Å². The van der Waals surface area contributed by atoms with Gasteiger partial charge in [-0.2, -0.15) is 5.10 Å². The van der Waals surface area contributed by atoms with Crippen LogP contribution in [0.1, 0.15) is 10.5 Å². The lowest BCUT2D eigenvalue weighted by atomic mass is 10.3. The zero-order valence-corrected chi connectivity index (χ0v) is 13.9. The molecule has 1 N–H and O–H groups in total. The maximum atomic E-state index is 12.4. The van der Waals surface area contributed by atoms with Crippen LogP contribution >= 0.6 is 23.2 Å². The van der Waals surface area contributed by atoms with Crippen LogP contribution in [0.5, 0.6) is 0 Å². The molecule has 8 nitrogen and oxygen atoms in total. The number of nitrogens with zero attached hydrogens (tertiary/aromatic N) is 4. The van der Waals surface area contributed by atoms with Gasteiger partial charge in [0.05, 0.1) is 15.0 Å². The van der Waals surface area contributed by atoms with Gasteiger partial charge in [0.1, 0.15) is 5.69 Å². The zero-order chi connectivity index (χ0) is 17.3. The van der Waals surface area contributed by atoms with Gasteiger partial charge in [-0.15, -0.1) is 0 Å². The van der Waals surface area contributed by atoms with Gasteiger partial charge < -0.3 is 10.2 Å². The Balaban J connectivity index is 1.90. The smallest absolute Gasteiger partial charge is 0.274 e. The van der Waals surface area contributed by atoms with E-state index in [-0.39, 0.29) is 27.3 Å². The van der Waals surface area contributed by atoms with E-state index in [2.05, 4.69) is 10.4 Å². The van der Waals surface area contributed by atoms with Crippen molar-refractivity contribution >= 4 is 34.8 Å². The summed E-state index contributed by atoms with van der Waals surface area (Å²) >= 11 is 12.2. The Morgan fingerprint density at radius 1 is 1.25 bits per heavy atom. The molecule has 1 amide bonds. The first-order valence-corrected chi connectivity index (χ1v) is 7.92. The molecule has 0 aliphatic carbocycles. The van der Waals surface area contributed by atoms with Crippen molar-refractivity contribution in [3.8, 4) is 5.69 Å². The molecule has 126 valence electrons. The van der Waals surface area contributed by atoms with Gasteiger partial charge in [-0.05, 0) is 6.07 Å². The first kappa shape index (κ1) is 16.7. The largest absolute Gasteiger partial charge is 0.335 e. The Morgan fingerprint density at radius 2 is 1.88 bits per heavy atom. The van der Waals surface area contributed by atoms with E-state index in [4.69, 9.17) is 23.2 Å². The Bertz CT molecular complexity index is 778. The average molecular weight is 370 g/mol. The number of hydrogen-bond donors (Lipinski definition) is 1. The van der Waals surface area contributed by atoms with E-state index in [0.29, 0.717) is 18.8 Å². The third-order valence-electron chi connectivity index (χ3n) is 3.65. The van der Waals surface area contributed by atoms with E-state index >= 15 is 0 Å². The van der Waals surface area contributed by atoms with Crippen LogP contribution in [0, 0.1) is 10.1 Å². The molecule has 3 rings (SSSR count). The van der Waals surface area contributed by atoms with Crippen LogP contribution in [0.15, 0.2) is 24.4 Å². The number of carbonyl (C=O) groups excluding carboxylic acids is 1. The number of non-ortho nitro benzene ring substituents is 1. The lowest BCUT2D eigenvalue weighted by Crippen LogP contribution is -2.46. The summed E-state index contributed by atoms with van der Waals surface area (Å²) in [6, 6.07) is 3.96. The summed E-state index contributed by atoms with van der Waals surface area (Å²) in [7, 11) is 0. The number of nitro groups is 1. The summed E-state index contributed by atoms with van der Waals surface area (Å²) in [4.78, 5) is 24.4. The fraction of sp³-hybridized carbons (Fsp3) is 0.286. The number of aromatic nitrogens is 2. The number of nitro benzene ring substituents is 1. The van der Waals surface area contributed by atoms with E-state index in [9.17, 15) is 14.9 Å². The Kier molecular flexibility index (Phi) is 4.70. The quantitative estimate of drug-likeness (QED) is 0.660.